The van der Waals surface area contributed by atoms with Crippen LogP contribution < -0.4 is 10.2 Å². The summed E-state index contributed by atoms with van der Waals surface area (Å²) >= 11 is 0. The summed E-state index contributed by atoms with van der Waals surface area (Å²) in [5.74, 6) is -0.282. The summed E-state index contributed by atoms with van der Waals surface area (Å²) in [4.78, 5) is 27.3. The van der Waals surface area contributed by atoms with Crippen molar-refractivity contribution in [2.24, 2.45) is 0 Å². The van der Waals surface area contributed by atoms with Crippen molar-refractivity contribution in [1.82, 2.24) is 0 Å². The summed E-state index contributed by atoms with van der Waals surface area (Å²) < 4.78 is 10.8. The van der Waals surface area contributed by atoms with E-state index in [0.717, 1.165) is 5.76 Å². The lowest BCUT2D eigenvalue weighted by atomic mass is 10.1. The standard InChI is InChI=1S/C24H23N3O4/c1-18(23(28)27(15-8-14-25)19-9-3-2-4-10-19)31-24(29)21-12-5-6-13-22(21)26-17-20-11-7-16-30-20/h2-7,9-13,16,18,26H,8,15,17H2,1H3. The molecule has 0 bridgehead atoms. The van der Waals surface area contributed by atoms with Crippen molar-refractivity contribution in [1.29, 1.82) is 5.26 Å². The van der Waals surface area contributed by atoms with Gasteiger partial charge in [-0.15, -0.1) is 0 Å². The van der Waals surface area contributed by atoms with Gasteiger partial charge in [-0.05, 0) is 43.3 Å². The van der Waals surface area contributed by atoms with Crippen molar-refractivity contribution in [3.8, 4) is 6.07 Å². The van der Waals surface area contributed by atoms with Crippen LogP contribution in [0, 0.1) is 11.3 Å². The Kier molecular flexibility index (Phi) is 7.44. The number of carbonyl (C=O) groups excluding carboxylic acids is 2. The molecule has 0 aliphatic rings. The van der Waals surface area contributed by atoms with Gasteiger partial charge in [0.2, 0.25) is 0 Å². The Labute approximate surface area is 180 Å². The summed E-state index contributed by atoms with van der Waals surface area (Å²) in [5, 5.41) is 12.1. The van der Waals surface area contributed by atoms with Gasteiger partial charge in [-0.25, -0.2) is 4.79 Å². The maximum Gasteiger partial charge on any atom is 0.341 e. The Bertz CT molecular complexity index is 1040. The minimum atomic E-state index is -1.02. The number of hydrogen-bond acceptors (Lipinski definition) is 6. The van der Waals surface area contributed by atoms with Crippen molar-refractivity contribution >= 4 is 23.3 Å². The van der Waals surface area contributed by atoms with E-state index in [1.165, 1.54) is 11.8 Å². The zero-order chi connectivity index (χ0) is 22.1. The molecule has 1 aromatic heterocycles. The number of amides is 1. The number of ether oxygens (including phenoxy) is 1. The third kappa shape index (κ3) is 5.73. The number of para-hydroxylation sites is 2. The van der Waals surface area contributed by atoms with Gasteiger partial charge in [0.05, 0.1) is 30.9 Å². The van der Waals surface area contributed by atoms with E-state index in [9.17, 15) is 9.59 Å². The highest BCUT2D eigenvalue weighted by atomic mass is 16.5. The molecule has 1 heterocycles. The first-order valence-corrected chi connectivity index (χ1v) is 9.90. The lowest BCUT2D eigenvalue weighted by Crippen LogP contribution is -2.40. The fourth-order valence-corrected chi connectivity index (χ4v) is 3.04. The number of nitriles is 1. The van der Waals surface area contributed by atoms with Gasteiger partial charge in [0, 0.05) is 17.9 Å². The summed E-state index contributed by atoms with van der Waals surface area (Å²) in [6, 6.07) is 21.6. The van der Waals surface area contributed by atoms with Crippen molar-refractivity contribution < 1.29 is 18.7 Å². The van der Waals surface area contributed by atoms with Crippen LogP contribution >= 0.6 is 0 Å². The van der Waals surface area contributed by atoms with E-state index in [-0.39, 0.29) is 13.0 Å². The highest BCUT2D eigenvalue weighted by Gasteiger charge is 2.26. The highest BCUT2D eigenvalue weighted by molar-refractivity contribution is 6.00. The molecule has 0 spiro atoms. The molecule has 31 heavy (non-hydrogen) atoms. The molecule has 0 saturated carbocycles. The third-order valence-corrected chi connectivity index (χ3v) is 4.59. The highest BCUT2D eigenvalue weighted by Crippen LogP contribution is 2.20. The minimum absolute atomic E-state index is 0.167. The Morgan fingerprint density at radius 2 is 1.84 bits per heavy atom. The van der Waals surface area contributed by atoms with Gasteiger partial charge in [-0.2, -0.15) is 5.26 Å². The van der Waals surface area contributed by atoms with Gasteiger partial charge in [0.25, 0.3) is 5.91 Å². The van der Waals surface area contributed by atoms with Crippen molar-refractivity contribution in [3.63, 3.8) is 0 Å². The van der Waals surface area contributed by atoms with Crippen LogP contribution in [0.5, 0.6) is 0 Å². The molecule has 0 fully saturated rings. The van der Waals surface area contributed by atoms with Gasteiger partial charge in [-0.1, -0.05) is 30.3 Å². The van der Waals surface area contributed by atoms with Crippen molar-refractivity contribution in [3.05, 3.63) is 84.3 Å². The third-order valence-electron chi connectivity index (χ3n) is 4.59. The minimum Gasteiger partial charge on any atom is -0.467 e. The number of anilines is 2. The number of furan rings is 1. The molecule has 3 rings (SSSR count). The topological polar surface area (TPSA) is 95.6 Å². The van der Waals surface area contributed by atoms with E-state index in [0.29, 0.717) is 23.5 Å². The first-order chi connectivity index (χ1) is 15.1. The van der Waals surface area contributed by atoms with Gasteiger partial charge in [0.1, 0.15) is 5.76 Å². The Balaban J connectivity index is 1.70. The molecule has 1 atom stereocenters. The van der Waals surface area contributed by atoms with E-state index in [4.69, 9.17) is 14.4 Å². The van der Waals surface area contributed by atoms with Crippen LogP contribution in [-0.2, 0) is 16.1 Å². The second-order valence-corrected chi connectivity index (χ2v) is 6.76. The number of benzene rings is 2. The molecule has 1 amide bonds. The molecule has 7 heteroatoms. The molecule has 0 aliphatic heterocycles. The van der Waals surface area contributed by atoms with Gasteiger partial charge < -0.3 is 19.4 Å². The summed E-state index contributed by atoms with van der Waals surface area (Å²) in [6.07, 6.45) is 0.723. The average Bonchev–Trinajstić information content (AvgIpc) is 3.32. The summed E-state index contributed by atoms with van der Waals surface area (Å²) in [7, 11) is 0. The fraction of sp³-hybridized carbons (Fsp3) is 0.208. The first kappa shape index (κ1) is 21.7. The summed E-state index contributed by atoms with van der Waals surface area (Å²) in [6.45, 7) is 2.14. The maximum absolute atomic E-state index is 13.0. The smallest absolute Gasteiger partial charge is 0.341 e. The Morgan fingerprint density at radius 3 is 2.55 bits per heavy atom. The predicted octanol–water partition coefficient (Wildman–Crippen LogP) is 4.38. The number of nitrogens with one attached hydrogen (secondary N) is 1. The molecule has 1 unspecified atom stereocenters. The maximum atomic E-state index is 13.0. The number of hydrogen-bond donors (Lipinski definition) is 1. The predicted molar refractivity (Wildman–Crippen MR) is 116 cm³/mol. The molecule has 2 aromatic carbocycles. The van der Waals surface area contributed by atoms with E-state index in [1.807, 2.05) is 18.2 Å². The number of rotatable bonds is 9. The van der Waals surface area contributed by atoms with E-state index in [1.54, 1.807) is 60.9 Å². The molecule has 7 nitrogen and oxygen atoms in total. The monoisotopic (exact) mass is 417 g/mol. The second kappa shape index (κ2) is 10.6. The molecule has 158 valence electrons. The molecule has 0 saturated heterocycles. The van der Waals surface area contributed by atoms with Crippen molar-refractivity contribution in [2.75, 3.05) is 16.8 Å². The van der Waals surface area contributed by atoms with E-state index >= 15 is 0 Å². The van der Waals surface area contributed by atoms with Crippen LogP contribution in [0.15, 0.2) is 77.4 Å². The fourth-order valence-electron chi connectivity index (χ4n) is 3.04. The largest absolute Gasteiger partial charge is 0.467 e. The number of nitrogens with zero attached hydrogens (tertiary/aromatic N) is 2. The van der Waals surface area contributed by atoms with Crippen LogP contribution in [0.2, 0.25) is 0 Å². The number of esters is 1. The molecule has 1 N–H and O–H groups in total. The Morgan fingerprint density at radius 1 is 1.10 bits per heavy atom. The Hall–Kier alpha value is -4.05. The van der Waals surface area contributed by atoms with E-state index in [2.05, 4.69) is 5.32 Å². The molecule has 0 radical (unpaired) electrons. The molecule has 3 aromatic rings. The van der Waals surface area contributed by atoms with Crippen LogP contribution in [0.4, 0.5) is 11.4 Å². The van der Waals surface area contributed by atoms with Crippen LogP contribution in [0.1, 0.15) is 29.5 Å². The zero-order valence-electron chi connectivity index (χ0n) is 17.2. The SMILES string of the molecule is CC(OC(=O)c1ccccc1NCc1ccco1)C(=O)N(CCC#N)c1ccccc1. The second-order valence-electron chi connectivity index (χ2n) is 6.76. The normalized spacial score (nSPS) is 11.2. The van der Waals surface area contributed by atoms with Gasteiger partial charge >= 0.3 is 5.97 Å². The van der Waals surface area contributed by atoms with Crippen molar-refractivity contribution in [2.45, 2.75) is 26.0 Å². The first-order valence-electron chi connectivity index (χ1n) is 9.90. The van der Waals surface area contributed by atoms with Gasteiger partial charge in [0.15, 0.2) is 6.10 Å². The quantitative estimate of drug-likeness (QED) is 0.519. The average molecular weight is 417 g/mol. The molecule has 0 aliphatic carbocycles. The van der Waals surface area contributed by atoms with Gasteiger partial charge in [-0.3, -0.25) is 4.79 Å². The lowest BCUT2D eigenvalue weighted by Gasteiger charge is -2.25. The molecular weight excluding hydrogens is 394 g/mol. The number of carbonyl (C=O) groups is 2. The molecular formula is C24H23N3O4. The van der Waals surface area contributed by atoms with Crippen LogP contribution in [0.3, 0.4) is 0 Å². The van der Waals surface area contributed by atoms with E-state index < -0.39 is 18.0 Å². The zero-order valence-corrected chi connectivity index (χ0v) is 17.2. The lowest BCUT2D eigenvalue weighted by molar-refractivity contribution is -0.126. The van der Waals surface area contributed by atoms with Crippen LogP contribution in [-0.4, -0.2) is 24.5 Å². The summed E-state index contributed by atoms with van der Waals surface area (Å²) in [5.41, 5.74) is 1.54. The van der Waals surface area contributed by atoms with Crippen LogP contribution in [0.25, 0.3) is 0 Å².